The smallest absolute Gasteiger partial charge is 0.306 e. The summed E-state index contributed by atoms with van der Waals surface area (Å²) >= 11 is 0. The van der Waals surface area contributed by atoms with Crippen LogP contribution in [0.4, 0.5) is 0 Å². The number of carbonyl (C=O) groups excluding carboxylic acids is 3. The van der Waals surface area contributed by atoms with Crippen LogP contribution in [0.25, 0.3) is 0 Å². The highest BCUT2D eigenvalue weighted by atomic mass is 16.5. The van der Waals surface area contributed by atoms with Crippen LogP contribution in [0.3, 0.4) is 0 Å². The van der Waals surface area contributed by atoms with Gasteiger partial charge in [0.1, 0.15) is 6.10 Å². The van der Waals surface area contributed by atoms with Gasteiger partial charge in [-0.15, -0.1) is 0 Å². The van der Waals surface area contributed by atoms with Crippen LogP contribution < -0.4 is 0 Å². The van der Waals surface area contributed by atoms with Gasteiger partial charge in [0.15, 0.2) is 5.78 Å². The molecule has 9 heteroatoms. The fraction of sp³-hybridized carbons (Fsp3) is 0.755. The molecule has 58 heavy (non-hydrogen) atoms. The summed E-state index contributed by atoms with van der Waals surface area (Å²) < 4.78 is 6.28. The van der Waals surface area contributed by atoms with Gasteiger partial charge in [-0.2, -0.15) is 0 Å². The Labute approximate surface area is 348 Å². The molecule has 0 spiro atoms. The summed E-state index contributed by atoms with van der Waals surface area (Å²) in [4.78, 5) is 56.5. The lowest BCUT2D eigenvalue weighted by atomic mass is 9.33. The summed E-state index contributed by atoms with van der Waals surface area (Å²) in [5.74, 6) is -0.0532. The van der Waals surface area contributed by atoms with Crippen LogP contribution in [-0.2, 0) is 30.5 Å². The molecule has 5 aliphatic carbocycles. The zero-order chi connectivity index (χ0) is 42.8. The van der Waals surface area contributed by atoms with Crippen LogP contribution in [0.1, 0.15) is 139 Å². The second kappa shape index (κ2) is 15.8. The van der Waals surface area contributed by atoms with Gasteiger partial charge in [0.2, 0.25) is 5.91 Å². The Morgan fingerprint density at radius 1 is 0.879 bits per heavy atom. The summed E-state index contributed by atoms with van der Waals surface area (Å²) in [5.41, 5.74) is 1.50. The summed E-state index contributed by atoms with van der Waals surface area (Å²) in [7, 11) is 3.78. The van der Waals surface area contributed by atoms with Crippen LogP contribution in [-0.4, -0.2) is 83.0 Å². The number of carboxylic acid groups (broad SMARTS) is 1. The third-order valence-electron chi connectivity index (χ3n) is 17.0. The first-order chi connectivity index (χ1) is 26.9. The van der Waals surface area contributed by atoms with E-state index in [9.17, 15) is 29.4 Å². The fourth-order valence-electron chi connectivity index (χ4n) is 14.2. The molecule has 0 bridgehead atoms. The van der Waals surface area contributed by atoms with Gasteiger partial charge in [0.05, 0.1) is 25.5 Å². The van der Waals surface area contributed by atoms with Crippen molar-refractivity contribution in [1.29, 1.82) is 0 Å². The third-order valence-corrected chi connectivity index (χ3v) is 17.0. The molecule has 4 fully saturated rings. The number of ketones is 1. The van der Waals surface area contributed by atoms with Crippen molar-refractivity contribution in [2.45, 2.75) is 152 Å². The molecule has 6 rings (SSSR count). The maximum Gasteiger partial charge on any atom is 0.306 e. The zero-order valence-corrected chi connectivity index (χ0v) is 37.6. The van der Waals surface area contributed by atoms with E-state index in [0.29, 0.717) is 24.8 Å². The highest BCUT2D eigenvalue weighted by Gasteiger charge is 2.71. The lowest BCUT2D eigenvalue weighted by molar-refractivity contribution is -0.235. The standard InChI is InChI=1S/C49H74N2O7/c1-31(2)42-34(52)25-49(37(53)29-51(39(54)30-50(10)11)28-32-15-13-12-14-16-32)24-23-47(8)33(43(42)49)17-18-36-46(7)21-20-38(45(5,6)35(46)19-22-48(36,47)9)58-41(57)27-44(3,4)26-40(55)56/h12-16,31,33,35-38,53H,17-30H2,1-11H3,(H,55,56)/t33-,35+,36-,37?,38+,46+,47-,48-,49?/m1/s1. The highest BCUT2D eigenvalue weighted by molar-refractivity contribution is 6.00. The average molecular weight is 803 g/mol. The molecule has 9 atom stereocenters. The molecule has 4 saturated carbocycles. The molecular weight excluding hydrogens is 729 g/mol. The van der Waals surface area contributed by atoms with Crippen molar-refractivity contribution in [3.8, 4) is 0 Å². The molecule has 322 valence electrons. The Kier molecular flexibility index (Phi) is 12.1. The first-order valence-corrected chi connectivity index (χ1v) is 22.3. The van der Waals surface area contributed by atoms with Crippen LogP contribution >= 0.6 is 0 Å². The number of esters is 1. The molecule has 0 heterocycles. The maximum atomic E-state index is 14.3. The molecule has 1 aromatic carbocycles. The lowest BCUT2D eigenvalue weighted by Gasteiger charge is -2.72. The predicted octanol–water partition coefficient (Wildman–Crippen LogP) is 8.72. The van der Waals surface area contributed by atoms with Gasteiger partial charge in [0, 0.05) is 30.3 Å². The summed E-state index contributed by atoms with van der Waals surface area (Å²) in [5, 5.41) is 22.0. The number of carboxylic acids is 1. The minimum Gasteiger partial charge on any atom is -0.481 e. The number of hydrogen-bond acceptors (Lipinski definition) is 7. The van der Waals surface area contributed by atoms with Crippen molar-refractivity contribution in [3.63, 3.8) is 0 Å². The van der Waals surface area contributed by atoms with E-state index in [1.54, 1.807) is 0 Å². The van der Waals surface area contributed by atoms with Crippen molar-refractivity contribution < 1.29 is 34.1 Å². The number of fused-ring (bicyclic) bond motifs is 7. The van der Waals surface area contributed by atoms with E-state index in [-0.39, 0.29) is 83.2 Å². The van der Waals surface area contributed by atoms with Crippen molar-refractivity contribution in [3.05, 3.63) is 47.0 Å². The van der Waals surface area contributed by atoms with Crippen molar-refractivity contribution in [2.24, 2.45) is 56.2 Å². The summed E-state index contributed by atoms with van der Waals surface area (Å²) in [6.07, 6.45) is 6.73. The van der Waals surface area contributed by atoms with Gasteiger partial charge in [-0.25, -0.2) is 0 Å². The first kappa shape index (κ1) is 44.5. The van der Waals surface area contributed by atoms with Gasteiger partial charge in [0.25, 0.3) is 0 Å². The second-order valence-corrected chi connectivity index (χ2v) is 22.1. The number of nitrogens with zero attached hydrogens (tertiary/aromatic N) is 2. The predicted molar refractivity (Wildman–Crippen MR) is 226 cm³/mol. The minimum atomic E-state index is -0.908. The largest absolute Gasteiger partial charge is 0.481 e. The number of benzene rings is 1. The van der Waals surface area contributed by atoms with E-state index >= 15 is 0 Å². The highest BCUT2D eigenvalue weighted by Crippen LogP contribution is 2.77. The summed E-state index contributed by atoms with van der Waals surface area (Å²) in [6, 6.07) is 9.97. The molecule has 1 aromatic rings. The van der Waals surface area contributed by atoms with Crippen LogP contribution in [0.15, 0.2) is 41.5 Å². The van der Waals surface area contributed by atoms with Gasteiger partial charge in [-0.05, 0) is 122 Å². The van der Waals surface area contributed by atoms with Crippen molar-refractivity contribution in [1.82, 2.24) is 9.80 Å². The van der Waals surface area contributed by atoms with E-state index in [4.69, 9.17) is 4.74 Å². The normalized spacial score (nSPS) is 34.8. The van der Waals surface area contributed by atoms with Gasteiger partial charge >= 0.3 is 11.9 Å². The molecule has 0 saturated heterocycles. The van der Waals surface area contributed by atoms with Crippen LogP contribution in [0, 0.1) is 56.2 Å². The minimum absolute atomic E-state index is 0.000473. The van der Waals surface area contributed by atoms with E-state index in [1.807, 2.05) is 68.1 Å². The Hall–Kier alpha value is -3.04. The Morgan fingerprint density at radius 3 is 2.17 bits per heavy atom. The quantitative estimate of drug-likeness (QED) is 0.190. The number of aliphatic hydroxyl groups excluding tert-OH is 1. The van der Waals surface area contributed by atoms with Crippen LogP contribution in [0.5, 0.6) is 0 Å². The molecule has 0 aromatic heterocycles. The first-order valence-electron chi connectivity index (χ1n) is 22.3. The van der Waals surface area contributed by atoms with Gasteiger partial charge in [-0.3, -0.25) is 19.2 Å². The number of Topliss-reactive ketones (excluding diaryl/α,β-unsaturated/α-hetero) is 1. The van der Waals surface area contributed by atoms with Crippen LogP contribution in [0.2, 0.25) is 0 Å². The SMILES string of the molecule is CC(C)C1=C2[C@H]3CC[C@@H]4[C@@]5(C)CC[C@H](OC(=O)CC(C)(C)CC(=O)O)C(C)(C)[C@@H]5CC[C@@]4(C)[C@]3(C)CCC2(C(O)CN(Cc2ccccc2)C(=O)CN(C)C)CC1=O. The summed E-state index contributed by atoms with van der Waals surface area (Å²) in [6.45, 7) is 20.9. The molecule has 5 aliphatic rings. The third kappa shape index (κ3) is 7.62. The molecule has 0 aliphatic heterocycles. The second-order valence-electron chi connectivity index (χ2n) is 22.1. The number of hydrogen-bond donors (Lipinski definition) is 2. The maximum absolute atomic E-state index is 14.3. The topological polar surface area (TPSA) is 124 Å². The molecule has 2 unspecified atom stereocenters. The fourth-order valence-corrected chi connectivity index (χ4v) is 14.2. The molecule has 0 radical (unpaired) electrons. The van der Waals surface area contributed by atoms with Crippen molar-refractivity contribution in [2.75, 3.05) is 27.2 Å². The number of carbonyl (C=O) groups is 4. The number of amides is 1. The number of likely N-dealkylation sites (N-methyl/N-ethyl adjacent to an activating group) is 1. The van der Waals surface area contributed by atoms with E-state index in [1.165, 1.54) is 5.57 Å². The number of ether oxygens (including phenoxy) is 1. The molecule has 1 amide bonds. The molecule has 9 nitrogen and oxygen atoms in total. The lowest BCUT2D eigenvalue weighted by Crippen LogP contribution is -2.66. The Bertz CT molecular complexity index is 1780. The zero-order valence-electron chi connectivity index (χ0n) is 37.6. The average Bonchev–Trinajstić information content (AvgIpc) is 3.42. The van der Waals surface area contributed by atoms with Gasteiger partial charge in [-0.1, -0.05) is 98.2 Å². The monoisotopic (exact) mass is 803 g/mol. The van der Waals surface area contributed by atoms with E-state index in [0.717, 1.165) is 62.5 Å². The number of allylic oxidation sites excluding steroid dienone is 1. The number of rotatable bonds is 13. The Balaban J connectivity index is 1.29. The number of aliphatic carboxylic acids is 1. The van der Waals surface area contributed by atoms with E-state index in [2.05, 4.69) is 48.5 Å². The van der Waals surface area contributed by atoms with Crippen molar-refractivity contribution >= 4 is 23.6 Å². The molecular formula is C49H74N2O7. The molecule has 2 N–H and O–H groups in total. The van der Waals surface area contributed by atoms with E-state index < -0.39 is 22.9 Å². The number of aliphatic hydroxyl groups is 1. The Morgan fingerprint density at radius 2 is 1.55 bits per heavy atom. The van der Waals surface area contributed by atoms with Gasteiger partial charge < -0.3 is 24.7 Å².